The lowest BCUT2D eigenvalue weighted by Crippen LogP contribution is -2.30. The van der Waals surface area contributed by atoms with Crippen molar-refractivity contribution in [3.05, 3.63) is 58.6 Å². The van der Waals surface area contributed by atoms with Gasteiger partial charge < -0.3 is 15.0 Å². The topological polar surface area (TPSA) is 75.7 Å². The average Bonchev–Trinajstić information content (AvgIpc) is 3.09. The van der Waals surface area contributed by atoms with Gasteiger partial charge in [0.2, 0.25) is 6.41 Å². The lowest BCUT2D eigenvalue weighted by atomic mass is 10.0. The number of hydrogen-bond donors (Lipinski definition) is 1. The number of benzene rings is 2. The third-order valence-electron chi connectivity index (χ3n) is 4.33. The quantitative estimate of drug-likeness (QED) is 0.559. The molecule has 0 fully saturated rings. The van der Waals surface area contributed by atoms with Crippen LogP contribution in [0.1, 0.15) is 22.3 Å². The number of nitrogens with zero attached hydrogens (tertiary/aromatic N) is 1. The van der Waals surface area contributed by atoms with Gasteiger partial charge >= 0.3 is 0 Å². The fourth-order valence-corrected chi connectivity index (χ4v) is 3.12. The van der Waals surface area contributed by atoms with Crippen LogP contribution in [0.3, 0.4) is 0 Å². The van der Waals surface area contributed by atoms with Gasteiger partial charge in [0.15, 0.2) is 12.4 Å². The van der Waals surface area contributed by atoms with Crippen LogP contribution in [0, 0.1) is 0 Å². The van der Waals surface area contributed by atoms with Crippen LogP contribution in [-0.4, -0.2) is 37.8 Å². The molecule has 1 N–H and O–H groups in total. The third-order valence-corrected chi connectivity index (χ3v) is 4.64. The number of para-hydroxylation sites is 1. The molecule has 0 spiro atoms. The Morgan fingerprint density at radius 2 is 2.04 bits per heavy atom. The standard InChI is InChI=1S/C20H19ClN2O4/c21-16-3-1-2-4-19(16)27-12-20(26)22-9-7-18(25)15-5-6-17-14(11-15)8-10-23(17)13-24/h1-6,11,13H,7-10,12H2,(H,22,26). The molecule has 0 unspecified atom stereocenters. The van der Waals surface area contributed by atoms with E-state index >= 15 is 0 Å². The van der Waals surface area contributed by atoms with E-state index in [1.807, 2.05) is 6.07 Å². The van der Waals surface area contributed by atoms with Crippen LogP contribution in [0.15, 0.2) is 42.5 Å². The highest BCUT2D eigenvalue weighted by Gasteiger charge is 2.19. The van der Waals surface area contributed by atoms with Crippen molar-refractivity contribution in [1.29, 1.82) is 0 Å². The van der Waals surface area contributed by atoms with Crippen molar-refractivity contribution in [2.24, 2.45) is 0 Å². The van der Waals surface area contributed by atoms with E-state index < -0.39 is 0 Å². The molecule has 6 nitrogen and oxygen atoms in total. The molecule has 0 bridgehead atoms. The van der Waals surface area contributed by atoms with Gasteiger partial charge in [-0.15, -0.1) is 0 Å². The van der Waals surface area contributed by atoms with Crippen LogP contribution >= 0.6 is 11.6 Å². The van der Waals surface area contributed by atoms with Crippen molar-refractivity contribution in [2.75, 3.05) is 24.6 Å². The number of carbonyl (C=O) groups is 3. The summed E-state index contributed by atoms with van der Waals surface area (Å²) in [6.45, 7) is 0.692. The Morgan fingerprint density at radius 3 is 2.81 bits per heavy atom. The van der Waals surface area contributed by atoms with Crippen LogP contribution in [-0.2, 0) is 16.0 Å². The van der Waals surface area contributed by atoms with Crippen molar-refractivity contribution in [1.82, 2.24) is 5.32 Å². The minimum atomic E-state index is -0.321. The number of ether oxygens (including phenoxy) is 1. The van der Waals surface area contributed by atoms with E-state index in [1.54, 1.807) is 41.3 Å². The molecule has 2 amide bonds. The van der Waals surface area contributed by atoms with Crippen molar-refractivity contribution >= 4 is 35.4 Å². The normalized spacial score (nSPS) is 12.4. The predicted molar refractivity (Wildman–Crippen MR) is 102 cm³/mol. The smallest absolute Gasteiger partial charge is 0.257 e. The van der Waals surface area contributed by atoms with Crippen molar-refractivity contribution in [3.8, 4) is 5.75 Å². The zero-order valence-corrected chi connectivity index (χ0v) is 15.4. The van der Waals surface area contributed by atoms with E-state index in [-0.39, 0.29) is 31.3 Å². The molecule has 3 rings (SSSR count). The monoisotopic (exact) mass is 386 g/mol. The van der Waals surface area contributed by atoms with Gasteiger partial charge in [-0.3, -0.25) is 14.4 Å². The third kappa shape index (κ3) is 4.65. The van der Waals surface area contributed by atoms with Gasteiger partial charge in [0.1, 0.15) is 5.75 Å². The Morgan fingerprint density at radius 1 is 1.22 bits per heavy atom. The molecule has 0 saturated carbocycles. The van der Waals surface area contributed by atoms with Crippen LogP contribution < -0.4 is 15.0 Å². The molecule has 1 heterocycles. The summed E-state index contributed by atoms with van der Waals surface area (Å²) in [7, 11) is 0. The SMILES string of the molecule is O=CN1CCc2cc(C(=O)CCNC(=O)COc3ccccc3Cl)ccc21. The molecule has 7 heteroatoms. The van der Waals surface area contributed by atoms with Crippen molar-refractivity contribution in [2.45, 2.75) is 12.8 Å². The highest BCUT2D eigenvalue weighted by Crippen LogP contribution is 2.28. The zero-order chi connectivity index (χ0) is 19.2. The van der Waals surface area contributed by atoms with Gasteiger partial charge in [-0.2, -0.15) is 0 Å². The van der Waals surface area contributed by atoms with Gasteiger partial charge in [0, 0.05) is 30.8 Å². The molecule has 0 saturated heterocycles. The molecule has 1 aliphatic heterocycles. The summed E-state index contributed by atoms with van der Waals surface area (Å²) in [5, 5.41) is 3.09. The van der Waals surface area contributed by atoms with Gasteiger partial charge in [0.05, 0.1) is 5.02 Å². The van der Waals surface area contributed by atoms with Gasteiger partial charge in [-0.25, -0.2) is 0 Å². The van der Waals surface area contributed by atoms with Crippen LogP contribution in [0.4, 0.5) is 5.69 Å². The summed E-state index contributed by atoms with van der Waals surface area (Å²) in [5.41, 5.74) is 2.43. The minimum Gasteiger partial charge on any atom is -0.482 e. The summed E-state index contributed by atoms with van der Waals surface area (Å²) in [6, 6.07) is 12.2. The van der Waals surface area contributed by atoms with Gasteiger partial charge in [-0.05, 0) is 42.3 Å². The largest absolute Gasteiger partial charge is 0.482 e. The first-order chi connectivity index (χ1) is 13.1. The Bertz CT molecular complexity index is 869. The highest BCUT2D eigenvalue weighted by molar-refractivity contribution is 6.32. The van der Waals surface area contributed by atoms with Gasteiger partial charge in [0.25, 0.3) is 5.91 Å². The lowest BCUT2D eigenvalue weighted by Gasteiger charge is -2.10. The summed E-state index contributed by atoms with van der Waals surface area (Å²) >= 11 is 5.96. The first-order valence-electron chi connectivity index (χ1n) is 8.60. The zero-order valence-electron chi connectivity index (χ0n) is 14.6. The second-order valence-corrected chi connectivity index (χ2v) is 6.54. The lowest BCUT2D eigenvalue weighted by molar-refractivity contribution is -0.123. The summed E-state index contributed by atoms with van der Waals surface area (Å²) in [4.78, 5) is 36.7. The molecule has 0 atom stereocenters. The number of nitrogens with one attached hydrogen (secondary N) is 1. The summed E-state index contributed by atoms with van der Waals surface area (Å²) in [5.74, 6) is 0.0564. The first-order valence-corrected chi connectivity index (χ1v) is 8.98. The van der Waals surface area contributed by atoms with Crippen molar-refractivity contribution in [3.63, 3.8) is 0 Å². The van der Waals surface area contributed by atoms with E-state index in [1.165, 1.54) is 0 Å². The molecule has 27 heavy (non-hydrogen) atoms. The van der Waals surface area contributed by atoms with Crippen LogP contribution in [0.5, 0.6) is 5.75 Å². The maximum atomic E-state index is 12.3. The molecule has 2 aromatic rings. The fraction of sp³-hybridized carbons (Fsp3) is 0.250. The number of ketones is 1. The number of carbonyl (C=O) groups excluding carboxylic acids is 3. The Kier molecular flexibility index (Phi) is 6.08. The Balaban J connectivity index is 1.45. The second-order valence-electron chi connectivity index (χ2n) is 6.13. The van der Waals surface area contributed by atoms with E-state index in [9.17, 15) is 14.4 Å². The van der Waals surface area contributed by atoms with Crippen molar-refractivity contribution < 1.29 is 19.1 Å². The van der Waals surface area contributed by atoms with Gasteiger partial charge in [-0.1, -0.05) is 23.7 Å². The number of hydrogen-bond acceptors (Lipinski definition) is 4. The molecule has 0 aliphatic carbocycles. The number of rotatable bonds is 8. The van der Waals surface area contributed by atoms with E-state index in [2.05, 4.69) is 5.32 Å². The minimum absolute atomic E-state index is 0.0605. The average molecular weight is 387 g/mol. The molecule has 1 aliphatic rings. The Labute approximate surface area is 162 Å². The maximum Gasteiger partial charge on any atom is 0.257 e. The van der Waals surface area contributed by atoms with E-state index in [0.29, 0.717) is 22.9 Å². The maximum absolute atomic E-state index is 12.3. The van der Waals surface area contributed by atoms with E-state index in [4.69, 9.17) is 16.3 Å². The molecular weight excluding hydrogens is 368 g/mol. The number of anilines is 1. The van der Waals surface area contributed by atoms with Crippen LogP contribution in [0.2, 0.25) is 5.02 Å². The summed E-state index contributed by atoms with van der Waals surface area (Å²) in [6.07, 6.45) is 1.73. The van der Waals surface area contributed by atoms with Crippen LogP contribution in [0.25, 0.3) is 0 Å². The number of fused-ring (bicyclic) bond motifs is 1. The fourth-order valence-electron chi connectivity index (χ4n) is 2.93. The summed E-state index contributed by atoms with van der Waals surface area (Å²) < 4.78 is 5.35. The predicted octanol–water partition coefficient (Wildman–Crippen LogP) is 2.63. The molecule has 2 aromatic carbocycles. The highest BCUT2D eigenvalue weighted by atomic mass is 35.5. The Hall–Kier alpha value is -2.86. The first kappa shape index (κ1) is 18.9. The molecule has 0 radical (unpaired) electrons. The van der Waals surface area contributed by atoms with E-state index in [0.717, 1.165) is 24.1 Å². The number of halogens is 1. The second kappa shape index (κ2) is 8.68. The molecular formula is C20H19ClN2O4. The number of Topliss-reactive ketones (excluding diaryl/α,β-unsaturated/α-hetero) is 1. The molecule has 140 valence electrons. The molecule has 0 aromatic heterocycles. The number of amides is 2.